The van der Waals surface area contributed by atoms with Crippen LogP contribution in [0.4, 0.5) is 0 Å². The van der Waals surface area contributed by atoms with Crippen LogP contribution in [0.3, 0.4) is 0 Å². The van der Waals surface area contributed by atoms with Gasteiger partial charge in [-0.15, -0.1) is 0 Å². The van der Waals surface area contributed by atoms with E-state index in [9.17, 15) is 0 Å². The van der Waals surface area contributed by atoms with Gasteiger partial charge in [0.1, 0.15) is 24.6 Å². The largest absolute Gasteiger partial charge is 0.474 e. The van der Waals surface area contributed by atoms with Crippen molar-refractivity contribution >= 4 is 23.4 Å². The molecule has 136 valence electrons. The Labute approximate surface area is 154 Å². The number of aliphatic imine (C=N–C) groups is 2. The second-order valence-corrected chi connectivity index (χ2v) is 9.25. The summed E-state index contributed by atoms with van der Waals surface area (Å²) in [5.74, 6) is 1.07. The Morgan fingerprint density at radius 3 is 1.56 bits per heavy atom. The third kappa shape index (κ3) is 3.97. The smallest absolute Gasteiger partial charge is 0.235 e. The Hall–Kier alpha value is -1.62. The van der Waals surface area contributed by atoms with Gasteiger partial charge in [0.05, 0.1) is 12.1 Å². The summed E-state index contributed by atoms with van der Waals surface area (Å²) in [5, 5.41) is 0.566. The average molecular weight is 364 g/mol. The summed E-state index contributed by atoms with van der Waals surface area (Å²) >= 11 is 6.30. The summed E-state index contributed by atoms with van der Waals surface area (Å²) in [5.41, 5.74) is 1.34. The number of halogens is 1. The highest BCUT2D eigenvalue weighted by atomic mass is 35.5. The number of pyridine rings is 1. The minimum atomic E-state index is 0.0434. The van der Waals surface area contributed by atoms with E-state index >= 15 is 0 Å². The Morgan fingerprint density at radius 2 is 1.24 bits per heavy atom. The first kappa shape index (κ1) is 18.2. The van der Waals surface area contributed by atoms with E-state index in [0.717, 1.165) is 0 Å². The van der Waals surface area contributed by atoms with Crippen molar-refractivity contribution in [1.82, 2.24) is 4.98 Å². The van der Waals surface area contributed by atoms with Gasteiger partial charge in [-0.25, -0.2) is 15.0 Å². The van der Waals surface area contributed by atoms with Gasteiger partial charge >= 0.3 is 0 Å². The molecular weight excluding hydrogens is 338 g/mol. The monoisotopic (exact) mass is 363 g/mol. The molecule has 0 aliphatic carbocycles. The van der Waals surface area contributed by atoms with Gasteiger partial charge in [-0.1, -0.05) is 53.1 Å². The number of hydrogen-bond acceptors (Lipinski definition) is 5. The summed E-state index contributed by atoms with van der Waals surface area (Å²) in [4.78, 5) is 14.0. The molecule has 1 aromatic heterocycles. The lowest BCUT2D eigenvalue weighted by Crippen LogP contribution is -2.25. The van der Waals surface area contributed by atoms with Gasteiger partial charge in [-0.3, -0.25) is 0 Å². The highest BCUT2D eigenvalue weighted by Crippen LogP contribution is 2.29. The highest BCUT2D eigenvalue weighted by molar-refractivity contribution is 6.31. The van der Waals surface area contributed by atoms with E-state index < -0.39 is 0 Å². The molecule has 3 rings (SSSR count). The Morgan fingerprint density at radius 1 is 0.840 bits per heavy atom. The standard InChI is InChI=1S/C19H26ClN3O2/c1-18(2,3)14-9-24-16(22-14)12-7-11(20)8-13(21-12)17-23-15(10-25-17)19(4,5)6/h7-8,14-15H,9-10H2,1-6H3. The molecule has 0 radical (unpaired) electrons. The SMILES string of the molecule is CC(C)(C)C1COC(c2cc(Cl)cc(C3=NC(C(C)(C)C)CO3)n2)=N1. The first-order valence-electron chi connectivity index (χ1n) is 8.63. The second-order valence-electron chi connectivity index (χ2n) is 8.81. The van der Waals surface area contributed by atoms with Crippen LogP contribution in [-0.2, 0) is 9.47 Å². The summed E-state index contributed by atoms with van der Waals surface area (Å²) < 4.78 is 11.5. The van der Waals surface area contributed by atoms with Gasteiger partial charge < -0.3 is 9.47 Å². The maximum Gasteiger partial charge on any atom is 0.235 e. The molecule has 2 atom stereocenters. The van der Waals surface area contributed by atoms with Crippen molar-refractivity contribution in [2.75, 3.05) is 13.2 Å². The molecule has 5 nitrogen and oxygen atoms in total. The van der Waals surface area contributed by atoms with Crippen LogP contribution >= 0.6 is 11.6 Å². The zero-order valence-corrected chi connectivity index (χ0v) is 16.5. The summed E-state index contributed by atoms with van der Waals surface area (Å²) in [6.45, 7) is 14.0. The molecular formula is C19H26ClN3O2. The molecule has 0 spiro atoms. The number of ether oxygens (including phenoxy) is 2. The maximum atomic E-state index is 6.30. The number of aromatic nitrogens is 1. The topological polar surface area (TPSA) is 56.1 Å². The second kappa shape index (κ2) is 6.27. The lowest BCUT2D eigenvalue weighted by atomic mass is 9.88. The third-order valence-electron chi connectivity index (χ3n) is 4.53. The molecule has 0 amide bonds. The first-order chi connectivity index (χ1) is 11.5. The molecule has 0 saturated heterocycles. The van der Waals surface area contributed by atoms with Gasteiger partial charge in [0.25, 0.3) is 0 Å². The van der Waals surface area contributed by atoms with Crippen LogP contribution in [0.2, 0.25) is 5.02 Å². The molecule has 3 heterocycles. The van der Waals surface area contributed by atoms with Crippen molar-refractivity contribution < 1.29 is 9.47 Å². The van der Waals surface area contributed by atoms with Crippen molar-refractivity contribution in [3.63, 3.8) is 0 Å². The van der Waals surface area contributed by atoms with Crippen LogP contribution in [0.25, 0.3) is 0 Å². The molecule has 0 bridgehead atoms. The predicted octanol–water partition coefficient (Wildman–Crippen LogP) is 4.12. The summed E-state index contributed by atoms with van der Waals surface area (Å²) in [6, 6.07) is 3.76. The summed E-state index contributed by atoms with van der Waals surface area (Å²) in [7, 11) is 0. The molecule has 0 saturated carbocycles. The zero-order valence-electron chi connectivity index (χ0n) is 15.8. The quantitative estimate of drug-likeness (QED) is 0.794. The predicted molar refractivity (Wildman–Crippen MR) is 101 cm³/mol. The van der Waals surface area contributed by atoms with Crippen molar-refractivity contribution in [2.24, 2.45) is 20.8 Å². The van der Waals surface area contributed by atoms with E-state index in [0.29, 0.717) is 41.4 Å². The van der Waals surface area contributed by atoms with Crippen molar-refractivity contribution in [3.8, 4) is 0 Å². The van der Waals surface area contributed by atoms with E-state index in [1.807, 2.05) is 0 Å². The van der Waals surface area contributed by atoms with Crippen LogP contribution < -0.4 is 0 Å². The fourth-order valence-electron chi connectivity index (χ4n) is 2.63. The van der Waals surface area contributed by atoms with Gasteiger partial charge in [0.15, 0.2) is 0 Å². The molecule has 6 heteroatoms. The molecule has 0 N–H and O–H groups in total. The number of hydrogen-bond donors (Lipinski definition) is 0. The molecule has 2 unspecified atom stereocenters. The molecule has 0 fully saturated rings. The van der Waals surface area contributed by atoms with Crippen molar-refractivity contribution in [2.45, 2.75) is 53.6 Å². The lowest BCUT2D eigenvalue weighted by Gasteiger charge is -2.21. The van der Waals surface area contributed by atoms with Gasteiger partial charge in [-0.05, 0) is 23.0 Å². The van der Waals surface area contributed by atoms with E-state index in [1.54, 1.807) is 12.1 Å². The van der Waals surface area contributed by atoms with Crippen molar-refractivity contribution in [1.29, 1.82) is 0 Å². The van der Waals surface area contributed by atoms with Crippen LogP contribution in [0.15, 0.2) is 22.1 Å². The van der Waals surface area contributed by atoms with E-state index in [2.05, 4.69) is 56.5 Å². The van der Waals surface area contributed by atoms with Crippen molar-refractivity contribution in [3.05, 3.63) is 28.5 Å². The van der Waals surface area contributed by atoms with Gasteiger partial charge in [0, 0.05) is 5.02 Å². The fraction of sp³-hybridized carbons (Fsp3) is 0.632. The Balaban J connectivity index is 1.90. The first-order valence-corrected chi connectivity index (χ1v) is 9.01. The fourth-order valence-corrected chi connectivity index (χ4v) is 2.84. The Kier molecular flexibility index (Phi) is 4.56. The van der Waals surface area contributed by atoms with E-state index in [4.69, 9.17) is 21.1 Å². The third-order valence-corrected chi connectivity index (χ3v) is 4.75. The molecule has 1 aromatic rings. The van der Waals surface area contributed by atoms with Crippen LogP contribution in [0.5, 0.6) is 0 Å². The molecule has 2 aliphatic rings. The minimum absolute atomic E-state index is 0.0434. The Bertz CT molecular complexity index is 671. The van der Waals surface area contributed by atoms with Crippen LogP contribution in [-0.4, -0.2) is 42.1 Å². The highest BCUT2D eigenvalue weighted by Gasteiger charge is 2.33. The number of rotatable bonds is 2. The molecule has 25 heavy (non-hydrogen) atoms. The maximum absolute atomic E-state index is 6.30. The van der Waals surface area contributed by atoms with E-state index in [-0.39, 0.29) is 22.9 Å². The van der Waals surface area contributed by atoms with Gasteiger partial charge in [-0.2, -0.15) is 0 Å². The zero-order chi connectivity index (χ0) is 18.4. The minimum Gasteiger partial charge on any atom is -0.474 e. The van der Waals surface area contributed by atoms with E-state index in [1.165, 1.54) is 0 Å². The normalized spacial score (nSPS) is 23.8. The number of nitrogens with zero attached hydrogens (tertiary/aromatic N) is 3. The average Bonchev–Trinajstić information content (AvgIpc) is 3.15. The molecule has 2 aliphatic heterocycles. The summed E-state index contributed by atoms with van der Waals surface area (Å²) in [6.07, 6.45) is 0. The lowest BCUT2D eigenvalue weighted by molar-refractivity contribution is 0.235. The van der Waals surface area contributed by atoms with Crippen LogP contribution in [0, 0.1) is 10.8 Å². The van der Waals surface area contributed by atoms with Gasteiger partial charge in [0.2, 0.25) is 11.8 Å². The molecule has 0 aromatic carbocycles. The van der Waals surface area contributed by atoms with Crippen LogP contribution in [0.1, 0.15) is 52.9 Å².